The van der Waals surface area contributed by atoms with Gasteiger partial charge in [0, 0.05) is 12.7 Å². The van der Waals surface area contributed by atoms with Crippen molar-refractivity contribution in [3.05, 3.63) is 59.7 Å². The number of anilines is 1. The van der Waals surface area contributed by atoms with Crippen LogP contribution in [-0.4, -0.2) is 43.2 Å². The normalized spacial score (nSPS) is 10.0. The molecular weight excluding hydrogens is 320 g/mol. The average Bonchev–Trinajstić information content (AvgIpc) is 2.61. The van der Waals surface area contributed by atoms with Crippen LogP contribution in [0.5, 0.6) is 5.75 Å². The minimum Gasteiger partial charge on any atom is -0.483 e. The highest BCUT2D eigenvalue weighted by atomic mass is 16.5. The second-order valence-electron chi connectivity index (χ2n) is 5.61. The third kappa shape index (κ3) is 5.46. The standard InChI is InChI=1S/C19H20N2O4/c1-14-7-9-16(10-8-14)20-18(23)11-21(2)19(24)13-25-17-6-4-3-5-15(17)12-22/h3-10,12H,11,13H2,1-2H3,(H,20,23). The molecule has 0 radical (unpaired) electrons. The average molecular weight is 340 g/mol. The molecule has 130 valence electrons. The van der Waals surface area contributed by atoms with Crippen LogP contribution in [0.15, 0.2) is 48.5 Å². The zero-order valence-corrected chi connectivity index (χ0v) is 14.2. The minimum atomic E-state index is -0.361. The van der Waals surface area contributed by atoms with Crippen LogP contribution in [0.3, 0.4) is 0 Å². The maximum absolute atomic E-state index is 12.1. The molecule has 1 N–H and O–H groups in total. The van der Waals surface area contributed by atoms with Gasteiger partial charge in [-0.1, -0.05) is 29.8 Å². The summed E-state index contributed by atoms with van der Waals surface area (Å²) >= 11 is 0. The number of nitrogens with one attached hydrogen (secondary N) is 1. The molecule has 6 nitrogen and oxygen atoms in total. The summed E-state index contributed by atoms with van der Waals surface area (Å²) in [6.07, 6.45) is 0.665. The van der Waals surface area contributed by atoms with Gasteiger partial charge in [0.15, 0.2) is 12.9 Å². The second kappa shape index (κ2) is 8.63. The van der Waals surface area contributed by atoms with E-state index in [1.54, 1.807) is 36.4 Å². The molecule has 0 bridgehead atoms. The second-order valence-corrected chi connectivity index (χ2v) is 5.61. The van der Waals surface area contributed by atoms with E-state index in [2.05, 4.69) is 5.32 Å². The van der Waals surface area contributed by atoms with Crippen LogP contribution in [0.1, 0.15) is 15.9 Å². The Bertz CT molecular complexity index is 756. The van der Waals surface area contributed by atoms with Crippen molar-refractivity contribution in [3.63, 3.8) is 0 Å². The van der Waals surface area contributed by atoms with Crippen molar-refractivity contribution in [2.24, 2.45) is 0 Å². The quantitative estimate of drug-likeness (QED) is 0.785. The van der Waals surface area contributed by atoms with Gasteiger partial charge in [0.1, 0.15) is 5.75 Å². The van der Waals surface area contributed by atoms with E-state index < -0.39 is 0 Å². The van der Waals surface area contributed by atoms with Crippen LogP contribution in [0.25, 0.3) is 0 Å². The Morgan fingerprint density at radius 3 is 2.48 bits per heavy atom. The number of carbonyl (C=O) groups excluding carboxylic acids is 3. The Morgan fingerprint density at radius 1 is 1.12 bits per heavy atom. The molecule has 2 amide bonds. The van der Waals surface area contributed by atoms with E-state index in [-0.39, 0.29) is 25.0 Å². The highest BCUT2D eigenvalue weighted by Gasteiger charge is 2.14. The zero-order chi connectivity index (χ0) is 18.2. The number of hydrogen-bond acceptors (Lipinski definition) is 4. The summed E-state index contributed by atoms with van der Waals surface area (Å²) in [6, 6.07) is 14.0. The summed E-state index contributed by atoms with van der Waals surface area (Å²) in [5.74, 6) is -0.323. The van der Waals surface area contributed by atoms with Crippen molar-refractivity contribution in [2.45, 2.75) is 6.92 Å². The number of amides is 2. The topological polar surface area (TPSA) is 75.7 Å². The van der Waals surface area contributed by atoms with Crippen molar-refractivity contribution in [2.75, 3.05) is 25.5 Å². The summed E-state index contributed by atoms with van der Waals surface area (Å²) in [7, 11) is 1.52. The fourth-order valence-electron chi connectivity index (χ4n) is 2.10. The number of rotatable bonds is 7. The first kappa shape index (κ1) is 18.2. The number of likely N-dealkylation sites (N-methyl/N-ethyl adjacent to an activating group) is 1. The molecule has 0 heterocycles. The summed E-state index contributed by atoms with van der Waals surface area (Å²) in [6.45, 7) is 1.62. The molecule has 0 atom stereocenters. The SMILES string of the molecule is Cc1ccc(NC(=O)CN(C)C(=O)COc2ccccc2C=O)cc1. The summed E-state index contributed by atoms with van der Waals surface area (Å²) in [4.78, 5) is 36.3. The molecule has 0 saturated carbocycles. The van der Waals surface area contributed by atoms with Gasteiger partial charge in [-0.05, 0) is 31.2 Å². The molecule has 0 saturated heterocycles. The first-order valence-corrected chi connectivity index (χ1v) is 7.77. The number of nitrogens with zero attached hydrogens (tertiary/aromatic N) is 1. The molecule has 2 aromatic rings. The molecular formula is C19H20N2O4. The van der Waals surface area contributed by atoms with Gasteiger partial charge in [-0.2, -0.15) is 0 Å². The van der Waals surface area contributed by atoms with E-state index >= 15 is 0 Å². The van der Waals surface area contributed by atoms with E-state index in [0.29, 0.717) is 23.3 Å². The molecule has 6 heteroatoms. The molecule has 0 aromatic heterocycles. The number of benzene rings is 2. The van der Waals surface area contributed by atoms with Crippen LogP contribution in [0.2, 0.25) is 0 Å². The first-order valence-electron chi connectivity index (χ1n) is 7.77. The van der Waals surface area contributed by atoms with Crippen molar-refractivity contribution < 1.29 is 19.1 Å². The van der Waals surface area contributed by atoms with E-state index in [1.807, 2.05) is 19.1 Å². The lowest BCUT2D eigenvalue weighted by Gasteiger charge is -2.17. The van der Waals surface area contributed by atoms with Gasteiger partial charge >= 0.3 is 0 Å². The molecule has 0 spiro atoms. The van der Waals surface area contributed by atoms with Crippen molar-refractivity contribution in [1.82, 2.24) is 4.90 Å². The lowest BCUT2D eigenvalue weighted by Crippen LogP contribution is -2.37. The number of para-hydroxylation sites is 1. The Morgan fingerprint density at radius 2 is 1.80 bits per heavy atom. The fraction of sp³-hybridized carbons (Fsp3) is 0.211. The lowest BCUT2D eigenvalue weighted by molar-refractivity contribution is -0.135. The van der Waals surface area contributed by atoms with Gasteiger partial charge in [-0.3, -0.25) is 14.4 Å². The molecule has 25 heavy (non-hydrogen) atoms. The fourth-order valence-corrected chi connectivity index (χ4v) is 2.10. The first-order chi connectivity index (χ1) is 12.0. The molecule has 0 aliphatic carbocycles. The molecule has 0 aliphatic heterocycles. The molecule has 2 rings (SSSR count). The van der Waals surface area contributed by atoms with Crippen LogP contribution >= 0.6 is 0 Å². The van der Waals surface area contributed by atoms with Gasteiger partial charge in [0.25, 0.3) is 5.91 Å². The van der Waals surface area contributed by atoms with Crippen LogP contribution in [-0.2, 0) is 9.59 Å². The third-order valence-electron chi connectivity index (χ3n) is 3.54. The summed E-state index contributed by atoms with van der Waals surface area (Å²) in [5.41, 5.74) is 2.14. The molecule has 0 aliphatic rings. The number of hydrogen-bond donors (Lipinski definition) is 1. The number of aryl methyl sites for hydroxylation is 1. The van der Waals surface area contributed by atoms with Crippen LogP contribution in [0, 0.1) is 6.92 Å². The predicted octanol–water partition coefficient (Wildman–Crippen LogP) is 2.28. The molecule has 2 aromatic carbocycles. The number of aldehydes is 1. The largest absolute Gasteiger partial charge is 0.483 e. The van der Waals surface area contributed by atoms with Gasteiger partial charge in [-0.25, -0.2) is 0 Å². The maximum atomic E-state index is 12.1. The zero-order valence-electron chi connectivity index (χ0n) is 14.2. The van der Waals surface area contributed by atoms with Crippen molar-refractivity contribution >= 4 is 23.8 Å². The van der Waals surface area contributed by atoms with Crippen molar-refractivity contribution in [3.8, 4) is 5.75 Å². The van der Waals surface area contributed by atoms with Gasteiger partial charge in [0.05, 0.1) is 12.1 Å². The van der Waals surface area contributed by atoms with Gasteiger partial charge in [0.2, 0.25) is 5.91 Å². The van der Waals surface area contributed by atoms with Crippen LogP contribution < -0.4 is 10.1 Å². The summed E-state index contributed by atoms with van der Waals surface area (Å²) < 4.78 is 5.37. The van der Waals surface area contributed by atoms with Gasteiger partial charge in [-0.15, -0.1) is 0 Å². The van der Waals surface area contributed by atoms with E-state index in [0.717, 1.165) is 5.56 Å². The number of carbonyl (C=O) groups is 3. The number of ether oxygens (including phenoxy) is 1. The third-order valence-corrected chi connectivity index (χ3v) is 3.54. The Balaban J connectivity index is 1.84. The smallest absolute Gasteiger partial charge is 0.260 e. The maximum Gasteiger partial charge on any atom is 0.260 e. The van der Waals surface area contributed by atoms with Crippen molar-refractivity contribution in [1.29, 1.82) is 0 Å². The van der Waals surface area contributed by atoms with Crippen LogP contribution in [0.4, 0.5) is 5.69 Å². The Labute approximate surface area is 146 Å². The van der Waals surface area contributed by atoms with E-state index in [1.165, 1.54) is 11.9 Å². The highest BCUT2D eigenvalue weighted by Crippen LogP contribution is 2.15. The Hall–Kier alpha value is -3.15. The monoisotopic (exact) mass is 340 g/mol. The molecule has 0 unspecified atom stereocenters. The minimum absolute atomic E-state index is 0.0919. The van der Waals surface area contributed by atoms with Gasteiger partial charge < -0.3 is 15.0 Å². The predicted molar refractivity (Wildman–Crippen MR) is 94.8 cm³/mol. The van der Waals surface area contributed by atoms with E-state index in [9.17, 15) is 14.4 Å². The lowest BCUT2D eigenvalue weighted by atomic mass is 10.2. The van der Waals surface area contributed by atoms with E-state index in [4.69, 9.17) is 4.74 Å². The molecule has 0 fully saturated rings. The highest BCUT2D eigenvalue weighted by molar-refractivity contribution is 5.94. The summed E-state index contributed by atoms with van der Waals surface area (Å²) in [5, 5.41) is 2.73. The Kier molecular flexibility index (Phi) is 6.28.